The first-order valence-electron chi connectivity index (χ1n) is 7.52. The van der Waals surface area contributed by atoms with E-state index in [1.807, 2.05) is 0 Å². The van der Waals surface area contributed by atoms with Gasteiger partial charge in [-0.1, -0.05) is 65.2 Å². The molecule has 0 aliphatic carbocycles. The van der Waals surface area contributed by atoms with E-state index < -0.39 is 8.25 Å². The molecular formula is C14H33O3P. The third kappa shape index (κ3) is 21.4. The van der Waals surface area contributed by atoms with Crippen LogP contribution in [0.15, 0.2) is 0 Å². The van der Waals surface area contributed by atoms with Crippen molar-refractivity contribution in [2.75, 3.05) is 13.2 Å². The molecule has 0 fully saturated rings. The molecule has 0 bridgehead atoms. The van der Waals surface area contributed by atoms with Gasteiger partial charge in [0.2, 0.25) is 0 Å². The number of rotatable bonds is 11. The molecule has 18 heavy (non-hydrogen) atoms. The first kappa shape index (κ1) is 20.5. The number of unbranched alkanes of at least 4 members (excludes halogenated alkanes) is 7. The van der Waals surface area contributed by atoms with Crippen LogP contribution in [0.1, 0.15) is 79.1 Å². The lowest BCUT2D eigenvalue weighted by Gasteiger charge is -1.97. The summed E-state index contributed by atoms with van der Waals surface area (Å²) in [4.78, 5) is 0. The van der Waals surface area contributed by atoms with Gasteiger partial charge in [-0.05, 0) is 13.8 Å². The number of hydrogen-bond donors (Lipinski definition) is 0. The Bertz CT molecular complexity index is 147. The van der Waals surface area contributed by atoms with Gasteiger partial charge in [0, 0.05) is 0 Å². The van der Waals surface area contributed by atoms with Crippen LogP contribution in [0.4, 0.5) is 0 Å². The van der Waals surface area contributed by atoms with Crippen molar-refractivity contribution < 1.29 is 13.6 Å². The summed E-state index contributed by atoms with van der Waals surface area (Å²) in [5, 5.41) is 0. The van der Waals surface area contributed by atoms with Crippen molar-refractivity contribution in [2.24, 2.45) is 0 Å². The SMILES string of the molecule is CCCCCCCCCC.CCO[PH](=O)OCC. The molecule has 3 nitrogen and oxygen atoms in total. The highest BCUT2D eigenvalue weighted by atomic mass is 31.1. The minimum absolute atomic E-state index is 0.456. The Labute approximate surface area is 115 Å². The zero-order valence-electron chi connectivity index (χ0n) is 12.8. The normalized spacial score (nSPS) is 10.3. The molecule has 4 heteroatoms. The number of hydrogen-bond acceptors (Lipinski definition) is 3. The predicted octanol–water partition coefficient (Wildman–Crippen LogP) is 5.60. The average molecular weight is 280 g/mol. The molecule has 0 unspecified atom stereocenters. The molecule has 0 radical (unpaired) electrons. The standard InChI is InChI=1S/C10H22.C4H11O3P/c1-3-5-7-9-10-8-6-4-2;1-3-6-8(5)7-4-2/h3-10H2,1-2H3;8H,3-4H2,1-2H3. The molecule has 0 saturated heterocycles. The zero-order valence-corrected chi connectivity index (χ0v) is 13.8. The van der Waals surface area contributed by atoms with Crippen molar-refractivity contribution in [3.63, 3.8) is 0 Å². The Balaban J connectivity index is 0. The van der Waals surface area contributed by atoms with Gasteiger partial charge < -0.3 is 9.05 Å². The van der Waals surface area contributed by atoms with E-state index in [0.29, 0.717) is 13.2 Å². The lowest BCUT2D eigenvalue weighted by molar-refractivity contribution is 0.243. The fourth-order valence-corrected chi connectivity index (χ4v) is 2.04. The lowest BCUT2D eigenvalue weighted by Crippen LogP contribution is -1.81. The van der Waals surface area contributed by atoms with E-state index in [1.54, 1.807) is 13.8 Å². The van der Waals surface area contributed by atoms with Crippen LogP contribution in [-0.2, 0) is 13.6 Å². The van der Waals surface area contributed by atoms with E-state index in [2.05, 4.69) is 22.9 Å². The van der Waals surface area contributed by atoms with Crippen LogP contribution in [0.3, 0.4) is 0 Å². The molecular weight excluding hydrogens is 247 g/mol. The summed E-state index contributed by atoms with van der Waals surface area (Å²) in [6, 6.07) is 0. The van der Waals surface area contributed by atoms with Crippen LogP contribution in [0.25, 0.3) is 0 Å². The van der Waals surface area contributed by atoms with Gasteiger partial charge in [0.15, 0.2) is 0 Å². The largest absolute Gasteiger partial charge is 0.319 e. The van der Waals surface area contributed by atoms with Crippen molar-refractivity contribution in [1.82, 2.24) is 0 Å². The van der Waals surface area contributed by atoms with Crippen molar-refractivity contribution in [1.29, 1.82) is 0 Å². The van der Waals surface area contributed by atoms with Crippen LogP contribution in [0.5, 0.6) is 0 Å². The van der Waals surface area contributed by atoms with Crippen LogP contribution < -0.4 is 0 Å². The maximum absolute atomic E-state index is 10.4. The molecule has 0 rings (SSSR count). The van der Waals surface area contributed by atoms with Gasteiger partial charge in [-0.25, -0.2) is 0 Å². The van der Waals surface area contributed by atoms with Gasteiger partial charge in [0.05, 0.1) is 13.2 Å². The van der Waals surface area contributed by atoms with E-state index in [-0.39, 0.29) is 0 Å². The topological polar surface area (TPSA) is 35.5 Å². The van der Waals surface area contributed by atoms with Gasteiger partial charge in [-0.2, -0.15) is 0 Å². The Hall–Kier alpha value is 0.150. The van der Waals surface area contributed by atoms with Gasteiger partial charge in [0.25, 0.3) is 0 Å². The minimum atomic E-state index is -2.14. The summed E-state index contributed by atoms with van der Waals surface area (Å²) in [7, 11) is -2.14. The third-order valence-electron chi connectivity index (χ3n) is 2.48. The van der Waals surface area contributed by atoms with E-state index in [4.69, 9.17) is 0 Å². The first-order valence-corrected chi connectivity index (χ1v) is 8.74. The lowest BCUT2D eigenvalue weighted by atomic mass is 10.1. The highest BCUT2D eigenvalue weighted by molar-refractivity contribution is 7.33. The molecule has 0 aromatic rings. The van der Waals surface area contributed by atoms with Gasteiger partial charge in [-0.3, -0.25) is 4.57 Å². The predicted molar refractivity (Wildman–Crippen MR) is 80.5 cm³/mol. The maximum atomic E-state index is 10.4. The zero-order chi connectivity index (χ0) is 14.1. The third-order valence-corrected chi connectivity index (χ3v) is 3.53. The molecule has 0 aromatic carbocycles. The Morgan fingerprint density at radius 2 is 1.00 bits per heavy atom. The molecule has 112 valence electrons. The Morgan fingerprint density at radius 3 is 1.28 bits per heavy atom. The Morgan fingerprint density at radius 1 is 0.667 bits per heavy atom. The van der Waals surface area contributed by atoms with Gasteiger partial charge in [-0.15, -0.1) is 0 Å². The molecule has 0 heterocycles. The smallest absolute Gasteiger partial charge is 0.311 e. The second-order valence-corrected chi connectivity index (χ2v) is 5.31. The molecule has 0 aromatic heterocycles. The van der Waals surface area contributed by atoms with Crippen molar-refractivity contribution >= 4 is 8.25 Å². The molecule has 0 spiro atoms. The van der Waals surface area contributed by atoms with Crippen LogP contribution in [0, 0.1) is 0 Å². The van der Waals surface area contributed by atoms with Crippen LogP contribution >= 0.6 is 8.25 Å². The van der Waals surface area contributed by atoms with E-state index in [9.17, 15) is 4.57 Å². The summed E-state index contributed by atoms with van der Waals surface area (Å²) in [5.74, 6) is 0. The highest BCUT2D eigenvalue weighted by Crippen LogP contribution is 2.21. The van der Waals surface area contributed by atoms with Crippen molar-refractivity contribution in [3.8, 4) is 0 Å². The second-order valence-electron chi connectivity index (χ2n) is 4.24. The molecule has 0 amide bonds. The highest BCUT2D eigenvalue weighted by Gasteiger charge is 1.91. The monoisotopic (exact) mass is 280 g/mol. The summed E-state index contributed by atoms with van der Waals surface area (Å²) >= 11 is 0. The quantitative estimate of drug-likeness (QED) is 0.365. The average Bonchev–Trinajstić information content (AvgIpc) is 2.35. The summed E-state index contributed by atoms with van der Waals surface area (Å²) < 4.78 is 19.6. The van der Waals surface area contributed by atoms with E-state index >= 15 is 0 Å². The first-order chi connectivity index (χ1) is 8.72. The minimum Gasteiger partial charge on any atom is -0.311 e. The maximum Gasteiger partial charge on any atom is 0.319 e. The molecule has 0 aliphatic rings. The van der Waals surface area contributed by atoms with Crippen molar-refractivity contribution in [2.45, 2.75) is 79.1 Å². The second kappa shape index (κ2) is 19.5. The fraction of sp³-hybridized carbons (Fsp3) is 1.00. The fourth-order valence-electron chi connectivity index (χ4n) is 1.48. The molecule has 0 atom stereocenters. The van der Waals surface area contributed by atoms with Gasteiger partial charge >= 0.3 is 8.25 Å². The van der Waals surface area contributed by atoms with E-state index in [1.165, 1.54) is 51.4 Å². The summed E-state index contributed by atoms with van der Waals surface area (Å²) in [6.45, 7) is 9.01. The summed E-state index contributed by atoms with van der Waals surface area (Å²) in [6.07, 6.45) is 11.5. The van der Waals surface area contributed by atoms with Crippen LogP contribution in [-0.4, -0.2) is 13.2 Å². The van der Waals surface area contributed by atoms with Crippen LogP contribution in [0.2, 0.25) is 0 Å². The van der Waals surface area contributed by atoms with Gasteiger partial charge in [0.1, 0.15) is 0 Å². The molecule has 0 aliphatic heterocycles. The molecule has 0 N–H and O–H groups in total. The summed E-state index contributed by atoms with van der Waals surface area (Å²) in [5.41, 5.74) is 0. The molecule has 0 saturated carbocycles. The van der Waals surface area contributed by atoms with Crippen molar-refractivity contribution in [3.05, 3.63) is 0 Å². The Kier molecular flexibility index (Phi) is 22.2. The van der Waals surface area contributed by atoms with E-state index in [0.717, 1.165) is 0 Å².